The molecule has 0 atom stereocenters. The Balaban J connectivity index is 1.30. The standard InChI is InChI=1S/C37H33N5O4/c1-36(2,3)46-35(44)41-37(17-7-18-37)25-14-11-22(12-15-25)31-30(23-13-16-26-24(20-23)21-45-34(26)43)40-33-27-8-4-5-9-28(27)39-32-29(42(31)33)10-6-19-38-32/h4-6,8-16,19-20H,7,17-18,21H2,1-3H3,(H,38,39)(H,41,44). The quantitative estimate of drug-likeness (QED) is 0.195. The molecule has 1 fully saturated rings. The van der Waals surface area contributed by atoms with E-state index in [0.717, 1.165) is 81.5 Å². The maximum Gasteiger partial charge on any atom is 0.408 e. The van der Waals surface area contributed by atoms with Gasteiger partial charge < -0.3 is 20.1 Å². The van der Waals surface area contributed by atoms with Crippen molar-refractivity contribution in [2.24, 2.45) is 0 Å². The van der Waals surface area contributed by atoms with Crippen LogP contribution >= 0.6 is 0 Å². The number of imidazole rings is 1. The Hall–Kier alpha value is -5.44. The monoisotopic (exact) mass is 611 g/mol. The zero-order chi connectivity index (χ0) is 31.6. The summed E-state index contributed by atoms with van der Waals surface area (Å²) in [4.78, 5) is 35.1. The van der Waals surface area contributed by atoms with Crippen LogP contribution in [0.3, 0.4) is 0 Å². The average Bonchev–Trinajstić information content (AvgIpc) is 3.55. The molecule has 0 bridgehead atoms. The van der Waals surface area contributed by atoms with Gasteiger partial charge in [-0.1, -0.05) is 42.5 Å². The minimum Gasteiger partial charge on any atom is -0.457 e. The molecule has 0 saturated heterocycles. The molecule has 2 aliphatic heterocycles. The van der Waals surface area contributed by atoms with E-state index in [2.05, 4.69) is 45.5 Å². The van der Waals surface area contributed by atoms with Crippen LogP contribution in [0.25, 0.3) is 39.6 Å². The topological polar surface area (TPSA) is 107 Å². The predicted molar refractivity (Wildman–Crippen MR) is 175 cm³/mol. The third kappa shape index (κ3) is 4.62. The number of ether oxygens (including phenoxy) is 2. The van der Waals surface area contributed by atoms with Gasteiger partial charge in [0.25, 0.3) is 0 Å². The molecule has 0 spiro atoms. The van der Waals surface area contributed by atoms with E-state index in [1.54, 1.807) is 6.20 Å². The summed E-state index contributed by atoms with van der Waals surface area (Å²) in [5.74, 6) is 1.19. The third-order valence-corrected chi connectivity index (χ3v) is 8.94. The van der Waals surface area contributed by atoms with Gasteiger partial charge in [0.1, 0.15) is 18.0 Å². The summed E-state index contributed by atoms with van der Waals surface area (Å²) >= 11 is 0. The van der Waals surface area contributed by atoms with Crippen molar-refractivity contribution in [3.63, 3.8) is 0 Å². The molecule has 3 aliphatic rings. The van der Waals surface area contributed by atoms with Crippen LogP contribution in [0.5, 0.6) is 0 Å². The zero-order valence-corrected chi connectivity index (χ0v) is 25.9. The number of alkyl carbamates (subject to hydrolysis) is 1. The van der Waals surface area contributed by atoms with E-state index in [1.165, 1.54) is 0 Å². The number of esters is 1. The van der Waals surface area contributed by atoms with Crippen molar-refractivity contribution >= 4 is 23.6 Å². The van der Waals surface area contributed by atoms with Crippen LogP contribution in [0.15, 0.2) is 85.1 Å². The average molecular weight is 612 g/mol. The summed E-state index contributed by atoms with van der Waals surface area (Å²) < 4.78 is 13.1. The van der Waals surface area contributed by atoms with Crippen LogP contribution in [0, 0.1) is 0 Å². The summed E-state index contributed by atoms with van der Waals surface area (Å²) in [6.45, 7) is 5.85. The molecule has 9 heteroatoms. The van der Waals surface area contributed by atoms with Crippen LogP contribution in [0.2, 0.25) is 0 Å². The largest absolute Gasteiger partial charge is 0.457 e. The minimum atomic E-state index is -0.579. The number of aromatic nitrogens is 3. The molecule has 1 aliphatic carbocycles. The fraction of sp³-hybridized carbons (Fsp3) is 0.243. The molecule has 8 rings (SSSR count). The highest BCUT2D eigenvalue weighted by Gasteiger charge is 2.41. The van der Waals surface area contributed by atoms with E-state index < -0.39 is 17.2 Å². The second-order valence-electron chi connectivity index (χ2n) is 13.1. The summed E-state index contributed by atoms with van der Waals surface area (Å²) in [5.41, 5.74) is 7.64. The number of carbonyl (C=O) groups excluding carboxylic acids is 2. The van der Waals surface area contributed by atoms with Crippen molar-refractivity contribution in [3.8, 4) is 39.6 Å². The van der Waals surface area contributed by atoms with Crippen molar-refractivity contribution in [1.29, 1.82) is 0 Å². The van der Waals surface area contributed by atoms with Crippen molar-refractivity contribution in [3.05, 3.63) is 102 Å². The van der Waals surface area contributed by atoms with Gasteiger partial charge in [-0.2, -0.15) is 0 Å². The predicted octanol–water partition coefficient (Wildman–Crippen LogP) is 7.90. The maximum absolute atomic E-state index is 12.8. The van der Waals surface area contributed by atoms with Gasteiger partial charge in [-0.25, -0.2) is 19.6 Å². The lowest BCUT2D eigenvalue weighted by molar-refractivity contribution is 0.0377. The van der Waals surface area contributed by atoms with Crippen molar-refractivity contribution in [2.45, 2.75) is 57.8 Å². The van der Waals surface area contributed by atoms with Gasteiger partial charge in [-0.05, 0) is 82.0 Å². The lowest BCUT2D eigenvalue weighted by Crippen LogP contribution is -2.52. The Morgan fingerprint density at radius 1 is 0.978 bits per heavy atom. The fourth-order valence-corrected chi connectivity index (χ4v) is 6.63. The Labute approximate surface area is 266 Å². The summed E-state index contributed by atoms with van der Waals surface area (Å²) in [7, 11) is 0. The number of para-hydroxylation sites is 1. The fourth-order valence-electron chi connectivity index (χ4n) is 6.63. The number of rotatable bonds is 4. The molecule has 2 aromatic heterocycles. The van der Waals surface area contributed by atoms with Crippen LogP contribution in [0.1, 0.15) is 61.5 Å². The molecule has 9 nitrogen and oxygen atoms in total. The molecular weight excluding hydrogens is 578 g/mol. The number of pyridine rings is 1. The van der Waals surface area contributed by atoms with Crippen molar-refractivity contribution in [2.75, 3.05) is 5.32 Å². The first-order valence-corrected chi connectivity index (χ1v) is 15.6. The van der Waals surface area contributed by atoms with Crippen molar-refractivity contribution in [1.82, 2.24) is 19.9 Å². The second kappa shape index (κ2) is 10.3. The van der Waals surface area contributed by atoms with E-state index in [-0.39, 0.29) is 12.6 Å². The second-order valence-corrected chi connectivity index (χ2v) is 13.1. The van der Waals surface area contributed by atoms with Gasteiger partial charge in [0.15, 0.2) is 5.82 Å². The van der Waals surface area contributed by atoms with Crippen LogP contribution < -0.4 is 10.6 Å². The molecule has 2 N–H and O–H groups in total. The first-order valence-electron chi connectivity index (χ1n) is 15.6. The molecule has 3 aromatic carbocycles. The van der Waals surface area contributed by atoms with Gasteiger partial charge in [0.05, 0.1) is 33.9 Å². The van der Waals surface area contributed by atoms with E-state index in [4.69, 9.17) is 19.4 Å². The van der Waals surface area contributed by atoms with Crippen LogP contribution in [0.4, 0.5) is 16.3 Å². The lowest BCUT2D eigenvalue weighted by atomic mass is 9.71. The van der Waals surface area contributed by atoms with Crippen LogP contribution in [-0.4, -0.2) is 32.2 Å². The number of fused-ring (bicyclic) bond motifs is 6. The first-order chi connectivity index (χ1) is 22.2. The highest BCUT2D eigenvalue weighted by atomic mass is 16.6. The number of hydrogen-bond donors (Lipinski definition) is 2. The van der Waals surface area contributed by atoms with Gasteiger partial charge in [-0.15, -0.1) is 0 Å². The molecular formula is C37H33N5O4. The van der Waals surface area contributed by atoms with Crippen molar-refractivity contribution < 1.29 is 19.1 Å². The van der Waals surface area contributed by atoms with Gasteiger partial charge in [0, 0.05) is 28.5 Å². The highest BCUT2D eigenvalue weighted by Crippen LogP contribution is 2.46. The molecule has 4 heterocycles. The minimum absolute atomic E-state index is 0.242. The number of anilines is 2. The summed E-state index contributed by atoms with van der Waals surface area (Å²) in [5, 5.41) is 6.68. The Morgan fingerprint density at radius 2 is 1.76 bits per heavy atom. The number of benzene rings is 3. The molecule has 46 heavy (non-hydrogen) atoms. The Bertz CT molecular complexity index is 2040. The SMILES string of the molecule is CC(C)(C)OC(=O)NC1(c2ccc(-c3c(-c4ccc5c(c4)COC5=O)nc4n3-c3cccnc3Nc3ccccc3-4)cc2)CCC1. The summed E-state index contributed by atoms with van der Waals surface area (Å²) in [6, 6.07) is 26.2. The van der Waals surface area contributed by atoms with E-state index in [1.807, 2.05) is 69.3 Å². The first kappa shape index (κ1) is 28.1. The van der Waals surface area contributed by atoms with E-state index in [0.29, 0.717) is 5.56 Å². The number of nitrogens with zero attached hydrogens (tertiary/aromatic N) is 3. The van der Waals surface area contributed by atoms with Gasteiger partial charge >= 0.3 is 12.1 Å². The molecule has 0 unspecified atom stereocenters. The third-order valence-electron chi connectivity index (χ3n) is 8.94. The molecule has 1 saturated carbocycles. The maximum atomic E-state index is 12.8. The number of carbonyl (C=O) groups is 2. The molecule has 230 valence electrons. The molecule has 0 radical (unpaired) electrons. The number of hydrogen-bond acceptors (Lipinski definition) is 7. The zero-order valence-electron chi connectivity index (χ0n) is 25.9. The Kier molecular flexibility index (Phi) is 6.29. The van der Waals surface area contributed by atoms with Gasteiger partial charge in [-0.3, -0.25) is 4.57 Å². The van der Waals surface area contributed by atoms with Crippen LogP contribution in [-0.2, 0) is 21.6 Å². The smallest absolute Gasteiger partial charge is 0.408 e. The highest BCUT2D eigenvalue weighted by molar-refractivity contribution is 5.95. The number of nitrogens with one attached hydrogen (secondary N) is 2. The normalized spacial score (nSPS) is 15.6. The Morgan fingerprint density at radius 3 is 2.52 bits per heavy atom. The van der Waals surface area contributed by atoms with E-state index in [9.17, 15) is 9.59 Å². The van der Waals surface area contributed by atoms with E-state index >= 15 is 0 Å². The lowest BCUT2D eigenvalue weighted by Gasteiger charge is -2.43. The molecule has 1 amide bonds. The number of cyclic esters (lactones) is 1. The summed E-state index contributed by atoms with van der Waals surface area (Å²) in [6.07, 6.45) is 4.08. The number of amides is 1. The molecule has 5 aromatic rings. The van der Waals surface area contributed by atoms with Gasteiger partial charge in [0.2, 0.25) is 0 Å².